The van der Waals surface area contributed by atoms with Crippen molar-refractivity contribution < 1.29 is 9.84 Å². The van der Waals surface area contributed by atoms with Crippen molar-refractivity contribution in [3.63, 3.8) is 0 Å². The summed E-state index contributed by atoms with van der Waals surface area (Å²) in [5, 5.41) is 9.10. The molecule has 0 unspecified atom stereocenters. The van der Waals surface area contributed by atoms with Crippen LogP contribution < -0.4 is 10.5 Å². The van der Waals surface area contributed by atoms with E-state index in [1.54, 1.807) is 18.3 Å². The van der Waals surface area contributed by atoms with Gasteiger partial charge in [-0.1, -0.05) is 12.1 Å². The van der Waals surface area contributed by atoms with Crippen molar-refractivity contribution in [2.75, 3.05) is 5.73 Å². The smallest absolute Gasteiger partial charge is 0.143 e. The number of nitrogens with zero attached hydrogens (tertiary/aromatic N) is 1. The van der Waals surface area contributed by atoms with Crippen LogP contribution in [0, 0.1) is 0 Å². The first-order valence-corrected chi connectivity index (χ1v) is 5.31. The van der Waals surface area contributed by atoms with Crippen LogP contribution in [0.3, 0.4) is 0 Å². The lowest BCUT2D eigenvalue weighted by Gasteiger charge is -2.09. The molecule has 1 heterocycles. The maximum Gasteiger partial charge on any atom is 0.143 e. The predicted octanol–water partition coefficient (Wildman–Crippen LogP) is 1.74. The minimum atomic E-state index is -0.132. The SMILES string of the molecule is Nc1cccc(COc2cccnc2CO)c1. The van der Waals surface area contributed by atoms with Gasteiger partial charge in [-0.05, 0) is 29.8 Å². The first kappa shape index (κ1) is 11.4. The molecule has 0 spiro atoms. The molecule has 3 N–H and O–H groups in total. The summed E-state index contributed by atoms with van der Waals surface area (Å²) in [6, 6.07) is 11.1. The topological polar surface area (TPSA) is 68.4 Å². The van der Waals surface area contributed by atoms with Crippen LogP contribution in [0.15, 0.2) is 42.6 Å². The highest BCUT2D eigenvalue weighted by Gasteiger charge is 2.03. The minimum Gasteiger partial charge on any atom is -0.487 e. The quantitative estimate of drug-likeness (QED) is 0.785. The Morgan fingerprint density at radius 3 is 2.88 bits per heavy atom. The Morgan fingerprint density at radius 1 is 1.24 bits per heavy atom. The van der Waals surface area contributed by atoms with E-state index in [0.717, 1.165) is 5.56 Å². The van der Waals surface area contributed by atoms with Crippen molar-refractivity contribution in [3.8, 4) is 5.75 Å². The summed E-state index contributed by atoms with van der Waals surface area (Å²) in [4.78, 5) is 4.03. The Hall–Kier alpha value is -2.07. The maximum absolute atomic E-state index is 9.10. The number of pyridine rings is 1. The molecule has 0 saturated heterocycles. The lowest BCUT2D eigenvalue weighted by atomic mass is 10.2. The van der Waals surface area contributed by atoms with E-state index < -0.39 is 0 Å². The van der Waals surface area contributed by atoms with Gasteiger partial charge in [0.15, 0.2) is 0 Å². The number of aliphatic hydroxyl groups is 1. The molecule has 2 rings (SSSR count). The largest absolute Gasteiger partial charge is 0.487 e. The third kappa shape index (κ3) is 2.95. The molecule has 1 aromatic heterocycles. The van der Waals surface area contributed by atoms with Gasteiger partial charge >= 0.3 is 0 Å². The number of hydrogen-bond acceptors (Lipinski definition) is 4. The molecule has 0 fully saturated rings. The van der Waals surface area contributed by atoms with Crippen molar-refractivity contribution >= 4 is 5.69 Å². The standard InChI is InChI=1S/C13H14N2O2/c14-11-4-1-3-10(7-11)9-17-13-5-2-6-15-12(13)8-16/h1-7,16H,8-9,14H2. The highest BCUT2D eigenvalue weighted by Crippen LogP contribution is 2.17. The average Bonchev–Trinajstić information content (AvgIpc) is 2.37. The summed E-state index contributed by atoms with van der Waals surface area (Å²) >= 11 is 0. The van der Waals surface area contributed by atoms with E-state index in [-0.39, 0.29) is 6.61 Å². The fourth-order valence-electron chi connectivity index (χ4n) is 1.52. The molecule has 17 heavy (non-hydrogen) atoms. The average molecular weight is 230 g/mol. The third-order valence-corrected chi connectivity index (χ3v) is 2.34. The van der Waals surface area contributed by atoms with Gasteiger partial charge in [0, 0.05) is 11.9 Å². The number of aliphatic hydroxyl groups excluding tert-OH is 1. The highest BCUT2D eigenvalue weighted by atomic mass is 16.5. The van der Waals surface area contributed by atoms with Crippen LogP contribution in [-0.4, -0.2) is 10.1 Å². The van der Waals surface area contributed by atoms with Crippen LogP contribution in [0.1, 0.15) is 11.3 Å². The van der Waals surface area contributed by atoms with Crippen molar-refractivity contribution in [3.05, 3.63) is 53.9 Å². The summed E-state index contributed by atoms with van der Waals surface area (Å²) in [6.45, 7) is 0.275. The summed E-state index contributed by atoms with van der Waals surface area (Å²) in [6.07, 6.45) is 1.62. The molecule has 0 radical (unpaired) electrons. The molecule has 4 heteroatoms. The van der Waals surface area contributed by atoms with Gasteiger partial charge in [-0.2, -0.15) is 0 Å². The van der Waals surface area contributed by atoms with Gasteiger partial charge in [0.25, 0.3) is 0 Å². The van der Waals surface area contributed by atoms with E-state index in [4.69, 9.17) is 15.6 Å². The summed E-state index contributed by atoms with van der Waals surface area (Å²) in [7, 11) is 0. The zero-order chi connectivity index (χ0) is 12.1. The Bertz CT molecular complexity index is 500. The number of rotatable bonds is 4. The van der Waals surface area contributed by atoms with Crippen molar-refractivity contribution in [2.45, 2.75) is 13.2 Å². The molecule has 0 atom stereocenters. The fraction of sp³-hybridized carbons (Fsp3) is 0.154. The first-order chi connectivity index (χ1) is 8.29. The normalized spacial score (nSPS) is 10.2. The zero-order valence-corrected chi connectivity index (χ0v) is 9.34. The molecular weight excluding hydrogens is 216 g/mol. The molecule has 0 amide bonds. The molecule has 0 bridgehead atoms. The van der Waals surface area contributed by atoms with Gasteiger partial charge in [0.1, 0.15) is 18.1 Å². The number of nitrogens with two attached hydrogens (primary N) is 1. The zero-order valence-electron chi connectivity index (χ0n) is 9.34. The van der Waals surface area contributed by atoms with Crippen LogP contribution in [0.4, 0.5) is 5.69 Å². The van der Waals surface area contributed by atoms with Gasteiger partial charge in [0.05, 0.1) is 6.61 Å². The van der Waals surface area contributed by atoms with E-state index in [1.807, 2.05) is 24.3 Å². The van der Waals surface area contributed by atoms with E-state index in [0.29, 0.717) is 23.7 Å². The molecule has 0 aliphatic rings. The second-order valence-electron chi connectivity index (χ2n) is 3.64. The van der Waals surface area contributed by atoms with Crippen LogP contribution in [0.5, 0.6) is 5.75 Å². The molecule has 0 saturated carbocycles. The monoisotopic (exact) mass is 230 g/mol. The van der Waals surface area contributed by atoms with Crippen molar-refractivity contribution in [1.82, 2.24) is 4.98 Å². The third-order valence-electron chi connectivity index (χ3n) is 2.34. The Kier molecular flexibility index (Phi) is 3.57. The van der Waals surface area contributed by atoms with Crippen LogP contribution in [0.25, 0.3) is 0 Å². The first-order valence-electron chi connectivity index (χ1n) is 5.31. The summed E-state index contributed by atoms with van der Waals surface area (Å²) < 4.78 is 5.59. The molecule has 2 aromatic rings. The molecule has 88 valence electrons. The van der Waals surface area contributed by atoms with Crippen LogP contribution in [-0.2, 0) is 13.2 Å². The number of nitrogen functional groups attached to an aromatic ring is 1. The van der Waals surface area contributed by atoms with Gasteiger partial charge in [-0.3, -0.25) is 4.98 Å². The van der Waals surface area contributed by atoms with E-state index >= 15 is 0 Å². The summed E-state index contributed by atoms with van der Waals surface area (Å²) in [5.41, 5.74) is 7.91. The van der Waals surface area contributed by atoms with E-state index in [2.05, 4.69) is 4.98 Å². The molecule has 4 nitrogen and oxygen atoms in total. The second kappa shape index (κ2) is 5.32. The Morgan fingerprint density at radius 2 is 2.12 bits per heavy atom. The number of aromatic nitrogens is 1. The lowest BCUT2D eigenvalue weighted by Crippen LogP contribution is -2.00. The minimum absolute atomic E-state index is 0.132. The number of anilines is 1. The molecule has 1 aromatic carbocycles. The summed E-state index contributed by atoms with van der Waals surface area (Å²) in [5.74, 6) is 0.595. The Labute approximate surface area is 99.7 Å². The van der Waals surface area contributed by atoms with Gasteiger partial charge in [-0.25, -0.2) is 0 Å². The van der Waals surface area contributed by atoms with E-state index in [9.17, 15) is 0 Å². The Balaban J connectivity index is 2.07. The number of ether oxygens (including phenoxy) is 1. The van der Waals surface area contributed by atoms with Crippen LogP contribution >= 0.6 is 0 Å². The molecule has 0 aliphatic heterocycles. The van der Waals surface area contributed by atoms with Gasteiger partial charge in [0.2, 0.25) is 0 Å². The van der Waals surface area contributed by atoms with Gasteiger partial charge in [-0.15, -0.1) is 0 Å². The van der Waals surface area contributed by atoms with Crippen LogP contribution in [0.2, 0.25) is 0 Å². The van der Waals surface area contributed by atoms with Gasteiger partial charge < -0.3 is 15.6 Å². The highest BCUT2D eigenvalue weighted by molar-refractivity contribution is 5.40. The van der Waals surface area contributed by atoms with E-state index in [1.165, 1.54) is 0 Å². The molecule has 0 aliphatic carbocycles. The maximum atomic E-state index is 9.10. The molecular formula is C13H14N2O2. The van der Waals surface area contributed by atoms with Crippen molar-refractivity contribution in [2.24, 2.45) is 0 Å². The lowest BCUT2D eigenvalue weighted by molar-refractivity contribution is 0.253. The van der Waals surface area contributed by atoms with Crippen molar-refractivity contribution in [1.29, 1.82) is 0 Å². The number of hydrogen-bond donors (Lipinski definition) is 2. The number of benzene rings is 1. The fourth-order valence-corrected chi connectivity index (χ4v) is 1.52. The second-order valence-corrected chi connectivity index (χ2v) is 3.64. The predicted molar refractivity (Wildman–Crippen MR) is 65.3 cm³/mol.